The minimum Gasteiger partial charge on any atom is -0.198 e. The summed E-state index contributed by atoms with van der Waals surface area (Å²) in [4.78, 5) is 0. The first-order valence-corrected chi connectivity index (χ1v) is 7.94. The van der Waals surface area contributed by atoms with Gasteiger partial charge in [-0.05, 0) is 35.7 Å². The number of hydrogen-bond acceptors (Lipinski definition) is 0. The third-order valence-corrected chi connectivity index (χ3v) is 4.03. The highest BCUT2D eigenvalue weighted by molar-refractivity contribution is 5.72. The van der Waals surface area contributed by atoms with E-state index in [0.29, 0.717) is 0 Å². The summed E-state index contributed by atoms with van der Waals surface area (Å²) < 4.78 is 2.34. The molecule has 0 amide bonds. The lowest BCUT2D eigenvalue weighted by Crippen LogP contribution is -2.35. The van der Waals surface area contributed by atoms with Gasteiger partial charge in [-0.25, -0.2) is 0 Å². The maximum Gasteiger partial charge on any atom is 0.212 e. The fourth-order valence-electron chi connectivity index (χ4n) is 2.86. The summed E-state index contributed by atoms with van der Waals surface area (Å²) in [6, 6.07) is 23.8. The second-order valence-corrected chi connectivity index (χ2v) is 5.67. The molecule has 0 radical (unpaired) electrons. The smallest absolute Gasteiger partial charge is 0.198 e. The molecule has 0 aliphatic rings. The molecule has 0 fully saturated rings. The molecule has 3 rings (SSSR count). The summed E-state index contributed by atoms with van der Waals surface area (Å²) in [6.45, 7) is 5.45. The molecule has 0 aliphatic carbocycles. The number of pyridine rings is 1. The van der Waals surface area contributed by atoms with E-state index in [-0.39, 0.29) is 0 Å². The lowest BCUT2D eigenvalue weighted by molar-refractivity contribution is -0.686. The average Bonchev–Trinajstić information content (AvgIpc) is 2.57. The molecule has 0 atom stereocenters. The van der Waals surface area contributed by atoms with Gasteiger partial charge >= 0.3 is 0 Å². The Labute approximate surface area is 132 Å². The van der Waals surface area contributed by atoms with Crippen LogP contribution in [0, 0.1) is 6.92 Å². The molecule has 0 N–H and O–H groups in total. The quantitative estimate of drug-likeness (QED) is 0.593. The van der Waals surface area contributed by atoms with Crippen LogP contribution < -0.4 is 4.57 Å². The minimum absolute atomic E-state index is 1.05. The molecule has 0 unspecified atom stereocenters. The van der Waals surface area contributed by atoms with Crippen molar-refractivity contribution < 1.29 is 4.57 Å². The van der Waals surface area contributed by atoms with Crippen LogP contribution in [0.15, 0.2) is 72.9 Å². The number of aromatic nitrogens is 1. The molecule has 0 spiro atoms. The van der Waals surface area contributed by atoms with E-state index in [1.165, 1.54) is 27.9 Å². The Kier molecular flexibility index (Phi) is 4.34. The zero-order chi connectivity index (χ0) is 15.4. The molecule has 3 aromatic rings. The summed E-state index contributed by atoms with van der Waals surface area (Å²) in [5.41, 5.74) is 6.46. The summed E-state index contributed by atoms with van der Waals surface area (Å²) in [6.07, 6.45) is 3.31. The first kappa shape index (κ1) is 14.5. The third-order valence-electron chi connectivity index (χ3n) is 4.03. The molecule has 1 aromatic heterocycles. The van der Waals surface area contributed by atoms with Gasteiger partial charge in [-0.2, -0.15) is 4.57 Å². The highest BCUT2D eigenvalue weighted by Crippen LogP contribution is 2.27. The predicted molar refractivity (Wildman–Crippen MR) is 92.5 cm³/mol. The van der Waals surface area contributed by atoms with Crippen LogP contribution in [0.1, 0.15) is 18.9 Å². The van der Waals surface area contributed by atoms with Crippen molar-refractivity contribution in [2.75, 3.05) is 0 Å². The van der Waals surface area contributed by atoms with Gasteiger partial charge in [0.15, 0.2) is 6.20 Å². The van der Waals surface area contributed by atoms with Gasteiger partial charge in [-0.15, -0.1) is 0 Å². The summed E-state index contributed by atoms with van der Waals surface area (Å²) >= 11 is 0. The largest absolute Gasteiger partial charge is 0.212 e. The highest BCUT2D eigenvalue weighted by atomic mass is 14.9. The van der Waals surface area contributed by atoms with Gasteiger partial charge in [0.05, 0.1) is 0 Å². The van der Waals surface area contributed by atoms with Gasteiger partial charge in [0.1, 0.15) is 6.54 Å². The normalized spacial score (nSPS) is 10.6. The van der Waals surface area contributed by atoms with Crippen molar-refractivity contribution in [3.05, 3.63) is 78.5 Å². The van der Waals surface area contributed by atoms with Crippen molar-refractivity contribution in [1.29, 1.82) is 0 Å². The van der Waals surface area contributed by atoms with Crippen LogP contribution >= 0.6 is 0 Å². The first-order valence-electron chi connectivity index (χ1n) is 7.94. The van der Waals surface area contributed by atoms with Crippen molar-refractivity contribution >= 4 is 0 Å². The van der Waals surface area contributed by atoms with E-state index in [2.05, 4.69) is 91.3 Å². The van der Waals surface area contributed by atoms with Gasteiger partial charge in [0.2, 0.25) is 5.69 Å². The van der Waals surface area contributed by atoms with Crippen LogP contribution in [0.4, 0.5) is 0 Å². The fourth-order valence-corrected chi connectivity index (χ4v) is 2.86. The van der Waals surface area contributed by atoms with Gasteiger partial charge < -0.3 is 0 Å². The molecule has 110 valence electrons. The molecule has 1 heterocycles. The van der Waals surface area contributed by atoms with Crippen LogP contribution in [0.25, 0.3) is 22.4 Å². The zero-order valence-electron chi connectivity index (χ0n) is 13.3. The van der Waals surface area contributed by atoms with E-state index in [1.807, 2.05) is 0 Å². The molecule has 1 heteroatoms. The Hall–Kier alpha value is -2.41. The van der Waals surface area contributed by atoms with Gasteiger partial charge in [0.25, 0.3) is 0 Å². The molecule has 0 aliphatic heterocycles. The summed E-state index contributed by atoms with van der Waals surface area (Å²) in [5, 5.41) is 0. The number of benzene rings is 2. The van der Waals surface area contributed by atoms with Gasteiger partial charge in [-0.1, -0.05) is 49.4 Å². The Balaban J connectivity index is 2.12. The predicted octanol–water partition coefficient (Wildman–Crippen LogP) is 5.03. The highest BCUT2D eigenvalue weighted by Gasteiger charge is 2.14. The van der Waals surface area contributed by atoms with E-state index in [4.69, 9.17) is 0 Å². The summed E-state index contributed by atoms with van der Waals surface area (Å²) in [7, 11) is 0. The van der Waals surface area contributed by atoms with Crippen molar-refractivity contribution in [2.45, 2.75) is 26.8 Å². The molecule has 0 saturated carbocycles. The molecule has 22 heavy (non-hydrogen) atoms. The maximum absolute atomic E-state index is 2.34. The van der Waals surface area contributed by atoms with E-state index in [0.717, 1.165) is 13.0 Å². The monoisotopic (exact) mass is 288 g/mol. The van der Waals surface area contributed by atoms with E-state index in [1.54, 1.807) is 0 Å². The van der Waals surface area contributed by atoms with Crippen molar-refractivity contribution in [3.63, 3.8) is 0 Å². The van der Waals surface area contributed by atoms with Crippen LogP contribution in [-0.2, 0) is 6.54 Å². The van der Waals surface area contributed by atoms with E-state index in [9.17, 15) is 0 Å². The Bertz CT molecular complexity index is 760. The van der Waals surface area contributed by atoms with Crippen LogP contribution in [-0.4, -0.2) is 0 Å². The Morgan fingerprint density at radius 1 is 0.818 bits per heavy atom. The van der Waals surface area contributed by atoms with Crippen molar-refractivity contribution in [2.24, 2.45) is 0 Å². The molecule has 0 bridgehead atoms. The average molecular weight is 288 g/mol. The number of aryl methyl sites for hydroxylation is 2. The second kappa shape index (κ2) is 6.57. The topological polar surface area (TPSA) is 3.88 Å². The van der Waals surface area contributed by atoms with Crippen LogP contribution in [0.2, 0.25) is 0 Å². The lowest BCUT2D eigenvalue weighted by Gasteiger charge is -2.09. The molecular weight excluding hydrogens is 266 g/mol. The Morgan fingerprint density at radius 3 is 2.36 bits per heavy atom. The fraction of sp³-hybridized carbons (Fsp3) is 0.190. The van der Waals surface area contributed by atoms with Crippen LogP contribution in [0.3, 0.4) is 0 Å². The van der Waals surface area contributed by atoms with E-state index >= 15 is 0 Å². The maximum atomic E-state index is 2.34. The van der Waals surface area contributed by atoms with Crippen molar-refractivity contribution in [3.8, 4) is 22.4 Å². The standard InChI is InChI=1S/C21H22N/c1-3-14-22-15-8-7-11-21(22)20-16-19(13-12-17(20)2)18-9-5-4-6-10-18/h4-13,15-16H,3,14H2,1-2H3/q+1. The van der Waals surface area contributed by atoms with Gasteiger partial charge in [0, 0.05) is 24.1 Å². The third kappa shape index (κ3) is 2.94. The zero-order valence-corrected chi connectivity index (χ0v) is 13.3. The first-order chi connectivity index (χ1) is 10.8. The second-order valence-electron chi connectivity index (χ2n) is 5.67. The number of nitrogens with zero attached hydrogens (tertiary/aromatic N) is 1. The summed E-state index contributed by atoms with van der Waals surface area (Å²) in [5.74, 6) is 0. The van der Waals surface area contributed by atoms with E-state index < -0.39 is 0 Å². The molecule has 0 saturated heterocycles. The minimum atomic E-state index is 1.05. The molecule has 1 nitrogen and oxygen atoms in total. The number of rotatable bonds is 4. The number of hydrogen-bond donors (Lipinski definition) is 0. The Morgan fingerprint density at radius 2 is 1.59 bits per heavy atom. The van der Waals surface area contributed by atoms with Crippen LogP contribution in [0.5, 0.6) is 0 Å². The van der Waals surface area contributed by atoms with Gasteiger partial charge in [-0.3, -0.25) is 0 Å². The lowest BCUT2D eigenvalue weighted by atomic mass is 9.97. The van der Waals surface area contributed by atoms with Crippen molar-refractivity contribution in [1.82, 2.24) is 0 Å². The SMILES string of the molecule is CCC[n+]1ccccc1-c1cc(-c2ccccc2)ccc1C. The molecule has 2 aromatic carbocycles. The molecular formula is C21H22N+.